The summed E-state index contributed by atoms with van der Waals surface area (Å²) in [6, 6.07) is 12.5. The van der Waals surface area contributed by atoms with E-state index < -0.39 is 17.3 Å². The first-order valence-electron chi connectivity index (χ1n) is 8.16. The van der Waals surface area contributed by atoms with Crippen molar-refractivity contribution >= 4 is 34.4 Å². The van der Waals surface area contributed by atoms with E-state index in [1.807, 2.05) is 0 Å². The second kappa shape index (κ2) is 7.36. The fraction of sp³-hybridized carbons (Fsp3) is 0.158. The first kappa shape index (κ1) is 18.2. The lowest BCUT2D eigenvalue weighted by atomic mass is 10.2. The van der Waals surface area contributed by atoms with Crippen LogP contribution in [0.25, 0.3) is 11.0 Å². The number of anilines is 2. The molecule has 0 saturated carbocycles. The molecule has 0 aliphatic heterocycles. The summed E-state index contributed by atoms with van der Waals surface area (Å²) in [4.78, 5) is 42.3. The molecule has 1 heterocycles. The van der Waals surface area contributed by atoms with Crippen LogP contribution in [0.3, 0.4) is 0 Å². The van der Waals surface area contributed by atoms with Crippen molar-refractivity contribution in [2.24, 2.45) is 0 Å². The minimum atomic E-state index is -0.588. The molecule has 2 amide bonds. The van der Waals surface area contributed by atoms with Crippen molar-refractivity contribution < 1.29 is 14.0 Å². The average molecular weight is 368 g/mol. The predicted octanol–water partition coefficient (Wildman–Crippen LogP) is 2.16. The highest BCUT2D eigenvalue weighted by atomic mass is 19.1. The number of para-hydroxylation sites is 3. The number of hydrogen-bond acceptors (Lipinski definition) is 4. The van der Waals surface area contributed by atoms with Crippen LogP contribution in [0.15, 0.2) is 53.3 Å². The van der Waals surface area contributed by atoms with Gasteiger partial charge in [-0.2, -0.15) is 0 Å². The summed E-state index contributed by atoms with van der Waals surface area (Å²) in [6.07, 6.45) is 0. The molecule has 0 fully saturated rings. The number of hydrogen-bond donors (Lipinski definition) is 1. The van der Waals surface area contributed by atoms with E-state index >= 15 is 0 Å². The largest absolute Gasteiger partial charge is 0.322 e. The molecular formula is C19H17FN4O3. The van der Waals surface area contributed by atoms with Crippen LogP contribution in [-0.4, -0.2) is 28.4 Å². The molecule has 27 heavy (non-hydrogen) atoms. The lowest BCUT2D eigenvalue weighted by molar-refractivity contribution is -0.117. The number of halogens is 1. The van der Waals surface area contributed by atoms with Gasteiger partial charge < -0.3 is 5.32 Å². The van der Waals surface area contributed by atoms with Crippen molar-refractivity contribution in [3.8, 4) is 0 Å². The molecule has 3 aromatic rings. The van der Waals surface area contributed by atoms with E-state index in [4.69, 9.17) is 0 Å². The van der Waals surface area contributed by atoms with Crippen LogP contribution in [-0.2, 0) is 16.1 Å². The Morgan fingerprint density at radius 3 is 2.52 bits per heavy atom. The van der Waals surface area contributed by atoms with Crippen molar-refractivity contribution in [3.63, 3.8) is 0 Å². The molecule has 1 N–H and O–H groups in total. The Morgan fingerprint density at radius 2 is 1.81 bits per heavy atom. The van der Waals surface area contributed by atoms with Gasteiger partial charge in [-0.15, -0.1) is 0 Å². The Kier molecular flexibility index (Phi) is 4.98. The van der Waals surface area contributed by atoms with E-state index in [2.05, 4.69) is 10.3 Å². The normalized spacial score (nSPS) is 10.6. The third-order valence-electron chi connectivity index (χ3n) is 4.08. The number of nitrogens with one attached hydrogen (secondary N) is 1. The fourth-order valence-corrected chi connectivity index (χ4v) is 2.60. The Hall–Kier alpha value is -3.55. The first-order chi connectivity index (χ1) is 12.9. The summed E-state index contributed by atoms with van der Waals surface area (Å²) in [5.74, 6) is -1.60. The van der Waals surface area contributed by atoms with Crippen molar-refractivity contribution in [2.45, 2.75) is 13.5 Å². The third-order valence-corrected chi connectivity index (χ3v) is 4.08. The predicted molar refractivity (Wildman–Crippen MR) is 100 cm³/mol. The van der Waals surface area contributed by atoms with Crippen LogP contribution >= 0.6 is 0 Å². The zero-order chi connectivity index (χ0) is 19.6. The zero-order valence-electron chi connectivity index (χ0n) is 14.8. The molecule has 138 valence electrons. The number of benzene rings is 2. The van der Waals surface area contributed by atoms with E-state index in [1.54, 1.807) is 30.3 Å². The van der Waals surface area contributed by atoms with E-state index in [1.165, 1.54) is 36.7 Å². The topological polar surface area (TPSA) is 84.3 Å². The maximum Gasteiger partial charge on any atom is 0.294 e. The first-order valence-corrected chi connectivity index (χ1v) is 8.16. The van der Waals surface area contributed by atoms with Gasteiger partial charge in [0.05, 0.1) is 16.7 Å². The number of carbonyl (C=O) groups excluding carboxylic acids is 2. The molecule has 0 aliphatic carbocycles. The monoisotopic (exact) mass is 368 g/mol. The fourth-order valence-electron chi connectivity index (χ4n) is 2.60. The molecule has 0 saturated heterocycles. The van der Waals surface area contributed by atoms with Gasteiger partial charge in [-0.3, -0.25) is 23.9 Å². The molecule has 2 aromatic carbocycles. The summed E-state index contributed by atoms with van der Waals surface area (Å²) < 4.78 is 15.0. The summed E-state index contributed by atoms with van der Waals surface area (Å²) in [7, 11) is 1.44. The van der Waals surface area contributed by atoms with E-state index in [9.17, 15) is 18.8 Å². The van der Waals surface area contributed by atoms with Crippen molar-refractivity contribution in [1.82, 2.24) is 9.55 Å². The lowest BCUT2D eigenvalue weighted by Gasteiger charge is -2.17. The Morgan fingerprint density at radius 1 is 1.15 bits per heavy atom. The summed E-state index contributed by atoms with van der Waals surface area (Å²) >= 11 is 0. The molecule has 0 unspecified atom stereocenters. The summed E-state index contributed by atoms with van der Waals surface area (Å²) in [5, 5.41) is 2.45. The second-order valence-corrected chi connectivity index (χ2v) is 5.92. The second-order valence-electron chi connectivity index (χ2n) is 5.92. The molecule has 0 aliphatic rings. The molecular weight excluding hydrogens is 351 g/mol. The maximum absolute atomic E-state index is 13.7. The number of fused-ring (bicyclic) bond motifs is 1. The lowest BCUT2D eigenvalue weighted by Crippen LogP contribution is -2.36. The van der Waals surface area contributed by atoms with Gasteiger partial charge in [0.1, 0.15) is 12.4 Å². The summed E-state index contributed by atoms with van der Waals surface area (Å²) in [6.45, 7) is 0.959. The standard InChI is InChI=1S/C19H17FN4O3/c1-12(25)23(2)18-19(27)24(16-10-6-5-9-15(16)22-18)11-17(26)21-14-8-4-3-7-13(14)20/h3-10H,11H2,1-2H3,(H,21,26). The van der Waals surface area contributed by atoms with Crippen LogP contribution in [0.5, 0.6) is 0 Å². The van der Waals surface area contributed by atoms with Gasteiger partial charge in [-0.1, -0.05) is 24.3 Å². The molecule has 0 spiro atoms. The van der Waals surface area contributed by atoms with Gasteiger partial charge >= 0.3 is 0 Å². The van der Waals surface area contributed by atoms with Crippen LogP contribution < -0.4 is 15.8 Å². The van der Waals surface area contributed by atoms with Crippen LogP contribution in [0.1, 0.15) is 6.92 Å². The number of nitrogens with zero attached hydrogens (tertiary/aromatic N) is 3. The highest BCUT2D eigenvalue weighted by Crippen LogP contribution is 2.15. The van der Waals surface area contributed by atoms with Gasteiger partial charge in [-0.05, 0) is 24.3 Å². The van der Waals surface area contributed by atoms with Crippen molar-refractivity contribution in [2.75, 3.05) is 17.3 Å². The molecule has 0 atom stereocenters. The van der Waals surface area contributed by atoms with Gasteiger partial charge in [0.15, 0.2) is 0 Å². The van der Waals surface area contributed by atoms with Gasteiger partial charge in [0, 0.05) is 14.0 Å². The van der Waals surface area contributed by atoms with E-state index in [0.29, 0.717) is 11.0 Å². The Balaban J connectivity index is 2.03. The molecule has 8 heteroatoms. The smallest absolute Gasteiger partial charge is 0.294 e. The molecule has 3 rings (SSSR count). The number of aromatic nitrogens is 2. The molecule has 0 bridgehead atoms. The van der Waals surface area contributed by atoms with Crippen LogP contribution in [0, 0.1) is 5.82 Å². The molecule has 1 aromatic heterocycles. The van der Waals surface area contributed by atoms with Gasteiger partial charge in [-0.25, -0.2) is 9.37 Å². The number of rotatable bonds is 4. The van der Waals surface area contributed by atoms with Crippen molar-refractivity contribution in [1.29, 1.82) is 0 Å². The van der Waals surface area contributed by atoms with E-state index in [-0.39, 0.29) is 24.0 Å². The highest BCUT2D eigenvalue weighted by molar-refractivity contribution is 5.93. The molecule has 0 radical (unpaired) electrons. The zero-order valence-corrected chi connectivity index (χ0v) is 14.8. The third kappa shape index (κ3) is 3.69. The van der Waals surface area contributed by atoms with E-state index in [0.717, 1.165) is 4.90 Å². The Labute approximate surface area is 154 Å². The van der Waals surface area contributed by atoms with Crippen molar-refractivity contribution in [3.05, 3.63) is 64.7 Å². The summed E-state index contributed by atoms with van der Waals surface area (Å²) in [5.41, 5.74) is 0.329. The minimum absolute atomic E-state index is 0.0231. The van der Waals surface area contributed by atoms with Crippen LogP contribution in [0.2, 0.25) is 0 Å². The minimum Gasteiger partial charge on any atom is -0.322 e. The van der Waals surface area contributed by atoms with Crippen LogP contribution in [0.4, 0.5) is 15.9 Å². The Bertz CT molecular complexity index is 1090. The number of carbonyl (C=O) groups is 2. The average Bonchev–Trinajstić information content (AvgIpc) is 2.65. The highest BCUT2D eigenvalue weighted by Gasteiger charge is 2.18. The maximum atomic E-state index is 13.7. The molecule has 7 nitrogen and oxygen atoms in total. The quantitative estimate of drug-likeness (QED) is 0.765. The SMILES string of the molecule is CC(=O)N(C)c1nc2ccccc2n(CC(=O)Nc2ccccc2F)c1=O. The number of amides is 2. The van der Waals surface area contributed by atoms with Gasteiger partial charge in [0.2, 0.25) is 17.6 Å². The van der Waals surface area contributed by atoms with Gasteiger partial charge in [0.25, 0.3) is 5.56 Å².